The van der Waals surface area contributed by atoms with Crippen molar-refractivity contribution in [1.29, 1.82) is 0 Å². The average Bonchev–Trinajstić information content (AvgIpc) is 3.07. The molecule has 2 heterocycles. The molecule has 0 spiro atoms. The summed E-state index contributed by atoms with van der Waals surface area (Å²) in [7, 11) is 0. The molecule has 146 valence electrons. The maximum absolute atomic E-state index is 13.9. The molecule has 1 saturated heterocycles. The number of hydrogen-bond donors (Lipinski definition) is 2. The Hall–Kier alpha value is -1.89. The molecule has 2 rings (SSSR count). The zero-order chi connectivity index (χ0) is 18.9. The Balaban J connectivity index is 1.89. The quantitative estimate of drug-likeness (QED) is 0.546. The number of likely N-dealkylation sites (N-methyl/N-ethyl adjacent to an activating group) is 1. The summed E-state index contributed by atoms with van der Waals surface area (Å²) in [6.45, 7) is 13.7. The summed E-state index contributed by atoms with van der Waals surface area (Å²) >= 11 is 0. The molecule has 0 saturated carbocycles. The van der Waals surface area contributed by atoms with E-state index in [-0.39, 0.29) is 11.9 Å². The molecule has 26 heavy (non-hydrogen) atoms. The van der Waals surface area contributed by atoms with Gasteiger partial charge in [0, 0.05) is 44.5 Å². The number of anilines is 1. The van der Waals surface area contributed by atoms with Crippen molar-refractivity contribution in [3.05, 3.63) is 24.1 Å². The molecule has 1 aliphatic rings. The summed E-state index contributed by atoms with van der Waals surface area (Å²) in [4.78, 5) is 13.3. The van der Waals surface area contributed by atoms with Crippen LogP contribution in [0.15, 0.2) is 23.3 Å². The van der Waals surface area contributed by atoms with E-state index in [1.165, 1.54) is 6.07 Å². The molecule has 2 N–H and O–H groups in total. The lowest BCUT2D eigenvalue weighted by Gasteiger charge is -2.24. The minimum Gasteiger partial charge on any atom is -0.357 e. The van der Waals surface area contributed by atoms with E-state index < -0.39 is 0 Å². The normalized spacial score (nSPS) is 18.0. The van der Waals surface area contributed by atoms with Crippen molar-refractivity contribution in [1.82, 2.24) is 20.5 Å². The second-order valence-electron chi connectivity index (χ2n) is 6.87. The van der Waals surface area contributed by atoms with Gasteiger partial charge in [0.1, 0.15) is 0 Å². The first-order chi connectivity index (χ1) is 12.5. The minimum atomic E-state index is -0.262. The molecular weight excluding hydrogens is 331 g/mol. The number of aromatic nitrogens is 1. The van der Waals surface area contributed by atoms with Crippen molar-refractivity contribution in [3.8, 4) is 0 Å². The van der Waals surface area contributed by atoms with Crippen LogP contribution < -0.4 is 15.5 Å². The van der Waals surface area contributed by atoms with Gasteiger partial charge in [-0.3, -0.25) is 9.89 Å². The van der Waals surface area contributed by atoms with Crippen LogP contribution in [-0.4, -0.2) is 67.2 Å². The van der Waals surface area contributed by atoms with E-state index in [4.69, 9.17) is 4.99 Å². The number of nitrogens with one attached hydrogen (secondary N) is 2. The van der Waals surface area contributed by atoms with Gasteiger partial charge in [-0.05, 0) is 45.9 Å². The highest BCUT2D eigenvalue weighted by Crippen LogP contribution is 2.20. The summed E-state index contributed by atoms with van der Waals surface area (Å²) < 4.78 is 13.9. The highest BCUT2D eigenvalue weighted by atomic mass is 19.1. The standard InChI is InChI=1S/C19H33FN6/c1-5-21-19(23-11-13-25(6-2)15(3)4)24-16-9-12-26(14-16)18-17(20)8-7-10-22-18/h7-8,10,15-16H,5-6,9,11-14H2,1-4H3,(H2,21,23,24). The predicted molar refractivity (Wildman–Crippen MR) is 106 cm³/mol. The summed E-state index contributed by atoms with van der Waals surface area (Å²) in [6.07, 6.45) is 2.58. The van der Waals surface area contributed by atoms with E-state index >= 15 is 0 Å². The molecule has 0 aromatic carbocycles. The summed E-state index contributed by atoms with van der Waals surface area (Å²) in [6, 6.07) is 3.85. The van der Waals surface area contributed by atoms with E-state index in [9.17, 15) is 4.39 Å². The SMILES string of the molecule is CCNC(=NCCN(CC)C(C)C)NC1CCN(c2ncccc2F)C1. The van der Waals surface area contributed by atoms with Gasteiger partial charge in [0.25, 0.3) is 0 Å². The molecule has 0 amide bonds. The molecule has 7 heteroatoms. The number of hydrogen-bond acceptors (Lipinski definition) is 4. The molecule has 0 radical (unpaired) electrons. The molecule has 1 aromatic heterocycles. The lowest BCUT2D eigenvalue weighted by Crippen LogP contribution is -2.45. The van der Waals surface area contributed by atoms with Crippen LogP contribution in [-0.2, 0) is 0 Å². The third kappa shape index (κ3) is 5.83. The second-order valence-corrected chi connectivity index (χ2v) is 6.87. The Bertz CT molecular complexity index is 577. The first-order valence-electron chi connectivity index (χ1n) is 9.69. The fourth-order valence-corrected chi connectivity index (χ4v) is 3.27. The number of rotatable bonds is 8. The lowest BCUT2D eigenvalue weighted by atomic mass is 10.3. The van der Waals surface area contributed by atoms with E-state index in [1.807, 2.05) is 4.90 Å². The predicted octanol–water partition coefficient (Wildman–Crippen LogP) is 2.08. The average molecular weight is 365 g/mol. The molecule has 1 fully saturated rings. The molecule has 1 aliphatic heterocycles. The Morgan fingerprint density at radius 1 is 1.46 bits per heavy atom. The summed E-state index contributed by atoms with van der Waals surface area (Å²) in [5.74, 6) is 1.01. The van der Waals surface area contributed by atoms with Crippen molar-refractivity contribution >= 4 is 11.8 Å². The zero-order valence-corrected chi connectivity index (χ0v) is 16.5. The van der Waals surface area contributed by atoms with Gasteiger partial charge in [-0.15, -0.1) is 0 Å². The molecule has 1 unspecified atom stereocenters. The maximum atomic E-state index is 13.9. The molecular formula is C19H33FN6. The van der Waals surface area contributed by atoms with Gasteiger partial charge in [-0.25, -0.2) is 9.37 Å². The van der Waals surface area contributed by atoms with Crippen molar-refractivity contribution in [2.24, 2.45) is 4.99 Å². The fourth-order valence-electron chi connectivity index (χ4n) is 3.27. The highest BCUT2D eigenvalue weighted by Gasteiger charge is 2.25. The highest BCUT2D eigenvalue weighted by molar-refractivity contribution is 5.80. The van der Waals surface area contributed by atoms with E-state index in [0.29, 0.717) is 11.9 Å². The molecule has 0 aliphatic carbocycles. The fraction of sp³-hybridized carbons (Fsp3) is 0.684. The Morgan fingerprint density at radius 2 is 2.27 bits per heavy atom. The first kappa shape index (κ1) is 20.4. The number of aliphatic imine (C=N–C) groups is 1. The number of pyridine rings is 1. The van der Waals surface area contributed by atoms with E-state index in [2.05, 4.69) is 48.2 Å². The minimum absolute atomic E-state index is 0.238. The van der Waals surface area contributed by atoms with Gasteiger partial charge in [0.05, 0.1) is 6.54 Å². The number of halogens is 1. The molecule has 0 bridgehead atoms. The third-order valence-electron chi connectivity index (χ3n) is 4.71. The van der Waals surface area contributed by atoms with Gasteiger partial charge in [-0.2, -0.15) is 0 Å². The number of nitrogens with zero attached hydrogens (tertiary/aromatic N) is 4. The summed E-state index contributed by atoms with van der Waals surface area (Å²) in [5.41, 5.74) is 0. The number of guanidine groups is 1. The topological polar surface area (TPSA) is 55.8 Å². The van der Waals surface area contributed by atoms with E-state index in [1.54, 1.807) is 12.3 Å². The van der Waals surface area contributed by atoms with Crippen LogP contribution in [0.1, 0.15) is 34.1 Å². The summed E-state index contributed by atoms with van der Waals surface area (Å²) in [5, 5.41) is 6.79. The van der Waals surface area contributed by atoms with Crippen molar-refractivity contribution in [2.45, 2.75) is 46.2 Å². The van der Waals surface area contributed by atoms with Crippen molar-refractivity contribution in [2.75, 3.05) is 44.2 Å². The Morgan fingerprint density at radius 3 is 2.92 bits per heavy atom. The molecule has 1 aromatic rings. The third-order valence-corrected chi connectivity index (χ3v) is 4.71. The van der Waals surface area contributed by atoms with Gasteiger partial charge < -0.3 is 15.5 Å². The van der Waals surface area contributed by atoms with Gasteiger partial charge >= 0.3 is 0 Å². The Kier molecular flexibility index (Phi) is 8.09. The van der Waals surface area contributed by atoms with Crippen LogP contribution in [0.25, 0.3) is 0 Å². The van der Waals surface area contributed by atoms with Gasteiger partial charge in [-0.1, -0.05) is 6.92 Å². The zero-order valence-electron chi connectivity index (χ0n) is 16.5. The van der Waals surface area contributed by atoms with Crippen LogP contribution in [0.3, 0.4) is 0 Å². The second kappa shape index (κ2) is 10.3. The first-order valence-corrected chi connectivity index (χ1v) is 9.69. The van der Waals surface area contributed by atoms with Crippen LogP contribution in [0.2, 0.25) is 0 Å². The lowest BCUT2D eigenvalue weighted by molar-refractivity contribution is 0.240. The molecule has 6 nitrogen and oxygen atoms in total. The van der Waals surface area contributed by atoms with Gasteiger partial charge in [0.2, 0.25) is 0 Å². The Labute approximate surface area is 156 Å². The van der Waals surface area contributed by atoms with Crippen LogP contribution >= 0.6 is 0 Å². The monoisotopic (exact) mass is 364 g/mol. The maximum Gasteiger partial charge on any atom is 0.191 e. The van der Waals surface area contributed by atoms with Gasteiger partial charge in [0.15, 0.2) is 17.6 Å². The van der Waals surface area contributed by atoms with Crippen LogP contribution in [0, 0.1) is 5.82 Å². The van der Waals surface area contributed by atoms with E-state index in [0.717, 1.165) is 51.6 Å². The molecule has 1 atom stereocenters. The smallest absolute Gasteiger partial charge is 0.191 e. The van der Waals surface area contributed by atoms with Crippen molar-refractivity contribution < 1.29 is 4.39 Å². The van der Waals surface area contributed by atoms with Crippen molar-refractivity contribution in [3.63, 3.8) is 0 Å². The largest absolute Gasteiger partial charge is 0.357 e. The van der Waals surface area contributed by atoms with Crippen LogP contribution in [0.5, 0.6) is 0 Å². The van der Waals surface area contributed by atoms with Crippen LogP contribution in [0.4, 0.5) is 10.2 Å².